The molecule has 0 radical (unpaired) electrons. The van der Waals surface area contributed by atoms with E-state index in [0.717, 1.165) is 10.9 Å². The summed E-state index contributed by atoms with van der Waals surface area (Å²) in [5, 5.41) is 24.4. The number of nitrogens with two attached hydrogens (primary N) is 3. The lowest BCUT2D eigenvalue weighted by Crippen LogP contribution is -2.57. The summed E-state index contributed by atoms with van der Waals surface area (Å²) in [6.45, 7) is 0.621. The molecule has 11 N–H and O–H groups in total. The van der Waals surface area contributed by atoms with Crippen LogP contribution in [-0.4, -0.2) is 93.0 Å². The third kappa shape index (κ3) is 8.67. The van der Waals surface area contributed by atoms with E-state index in [4.69, 9.17) is 22.3 Å². The van der Waals surface area contributed by atoms with Gasteiger partial charge in [-0.15, -0.1) is 0 Å². The Morgan fingerprint density at radius 1 is 1.07 bits per heavy atom. The van der Waals surface area contributed by atoms with Gasteiger partial charge in [0.2, 0.25) is 17.7 Å². The van der Waals surface area contributed by atoms with Crippen molar-refractivity contribution in [1.29, 1.82) is 0 Å². The van der Waals surface area contributed by atoms with E-state index < -0.39 is 60.2 Å². The number of carboxylic acids is 2. The molecule has 4 unspecified atom stereocenters. The lowest BCUT2D eigenvalue weighted by atomic mass is 10.0. The number of aromatic amines is 1. The number of carbonyl (C=O) groups excluding carboxylic acids is 3. The Hall–Kier alpha value is -4.66. The molecule has 1 fully saturated rings. The van der Waals surface area contributed by atoms with Crippen molar-refractivity contribution in [2.45, 2.75) is 69.1 Å². The molecule has 1 aliphatic rings. The number of aromatic nitrogens is 1. The molecular weight excluding hydrogens is 548 g/mol. The SMILES string of the molecule is NC(N)=NCCCC(N)C(=O)N1CCCC1C(=O)NC(Cc1c[nH]c2ccccc12)C(=O)NC(CCC(=O)O)C(=O)O. The first-order valence-electron chi connectivity index (χ1n) is 13.7. The molecular formula is C27H38N8O7. The zero-order chi connectivity index (χ0) is 30.8. The van der Waals surface area contributed by atoms with Crippen LogP contribution >= 0.6 is 0 Å². The van der Waals surface area contributed by atoms with Gasteiger partial charge in [-0.25, -0.2) is 4.79 Å². The van der Waals surface area contributed by atoms with Crippen molar-refractivity contribution in [2.75, 3.05) is 13.1 Å². The van der Waals surface area contributed by atoms with Crippen LogP contribution in [0.5, 0.6) is 0 Å². The number of amides is 3. The number of rotatable bonds is 15. The van der Waals surface area contributed by atoms with Gasteiger partial charge in [0, 0.05) is 43.0 Å². The molecule has 1 aromatic heterocycles. The standard InChI is InChI=1S/C27H38N8O7/c28-17(6-3-11-31-27(29)30)25(40)35-12-4-8-21(35)24(39)34-20(13-15-14-32-18-7-2-1-5-16(15)18)23(38)33-19(26(41)42)9-10-22(36)37/h1-2,5,7,14,17,19-21,32H,3-4,6,8-13,28H2,(H,33,38)(H,34,39)(H,36,37)(H,41,42)(H4,29,30,31). The molecule has 0 bridgehead atoms. The summed E-state index contributed by atoms with van der Waals surface area (Å²) in [6.07, 6.45) is 2.59. The van der Waals surface area contributed by atoms with Crippen LogP contribution < -0.4 is 27.8 Å². The monoisotopic (exact) mass is 586 g/mol. The molecule has 1 saturated heterocycles. The van der Waals surface area contributed by atoms with Gasteiger partial charge >= 0.3 is 11.9 Å². The van der Waals surface area contributed by atoms with Crippen molar-refractivity contribution < 1.29 is 34.2 Å². The molecule has 15 nitrogen and oxygen atoms in total. The van der Waals surface area contributed by atoms with Gasteiger partial charge in [0.1, 0.15) is 18.1 Å². The van der Waals surface area contributed by atoms with E-state index in [2.05, 4.69) is 20.6 Å². The highest BCUT2D eigenvalue weighted by molar-refractivity contribution is 5.95. The van der Waals surface area contributed by atoms with Gasteiger partial charge in [-0.3, -0.25) is 24.2 Å². The number of fused-ring (bicyclic) bond motifs is 1. The fourth-order valence-corrected chi connectivity index (χ4v) is 4.95. The number of carbonyl (C=O) groups is 5. The maximum absolute atomic E-state index is 13.5. The number of likely N-dealkylation sites (tertiary alicyclic amines) is 1. The van der Waals surface area contributed by atoms with Gasteiger partial charge in [0.05, 0.1) is 6.04 Å². The van der Waals surface area contributed by atoms with Crippen molar-refractivity contribution in [1.82, 2.24) is 20.5 Å². The van der Waals surface area contributed by atoms with Gasteiger partial charge in [0.15, 0.2) is 5.96 Å². The number of benzene rings is 1. The molecule has 3 rings (SSSR count). The number of hydrogen-bond donors (Lipinski definition) is 8. The number of hydrogen-bond acceptors (Lipinski definition) is 7. The van der Waals surface area contributed by atoms with E-state index >= 15 is 0 Å². The molecule has 3 amide bonds. The minimum absolute atomic E-state index is 0.0117. The Balaban J connectivity index is 1.76. The number of aliphatic imine (C=N–C) groups is 1. The summed E-state index contributed by atoms with van der Waals surface area (Å²) in [7, 11) is 0. The number of H-pyrrole nitrogens is 1. The quantitative estimate of drug-likeness (QED) is 0.0717. The summed E-state index contributed by atoms with van der Waals surface area (Å²) in [5.41, 5.74) is 18.2. The van der Waals surface area contributed by atoms with Crippen LogP contribution in [0.3, 0.4) is 0 Å². The molecule has 2 aromatic rings. The van der Waals surface area contributed by atoms with Gasteiger partial charge in [0.25, 0.3) is 0 Å². The third-order valence-electron chi connectivity index (χ3n) is 7.12. The highest BCUT2D eigenvalue weighted by Gasteiger charge is 2.38. The van der Waals surface area contributed by atoms with E-state index in [1.54, 1.807) is 6.20 Å². The Morgan fingerprint density at radius 3 is 2.50 bits per heavy atom. The van der Waals surface area contributed by atoms with Crippen molar-refractivity contribution >= 4 is 46.5 Å². The number of carboxylic acid groups (broad SMARTS) is 2. The minimum Gasteiger partial charge on any atom is -0.481 e. The third-order valence-corrected chi connectivity index (χ3v) is 7.12. The Labute approximate surface area is 241 Å². The van der Waals surface area contributed by atoms with Crippen LogP contribution in [0.2, 0.25) is 0 Å². The topological polar surface area (TPSA) is 259 Å². The fraction of sp³-hybridized carbons (Fsp3) is 0.481. The van der Waals surface area contributed by atoms with Crippen LogP contribution in [-0.2, 0) is 30.4 Å². The van der Waals surface area contributed by atoms with Gasteiger partial charge in [-0.05, 0) is 43.7 Å². The molecule has 2 heterocycles. The van der Waals surface area contributed by atoms with E-state index in [1.807, 2.05) is 24.3 Å². The lowest BCUT2D eigenvalue weighted by molar-refractivity contribution is -0.144. The average molecular weight is 587 g/mol. The molecule has 4 atom stereocenters. The predicted octanol–water partition coefficient (Wildman–Crippen LogP) is -0.999. The molecule has 0 aliphatic carbocycles. The van der Waals surface area contributed by atoms with Crippen LogP contribution in [0.15, 0.2) is 35.5 Å². The summed E-state index contributed by atoms with van der Waals surface area (Å²) < 4.78 is 0. The zero-order valence-corrected chi connectivity index (χ0v) is 23.1. The van der Waals surface area contributed by atoms with Crippen molar-refractivity contribution in [3.63, 3.8) is 0 Å². The molecule has 1 aromatic carbocycles. The maximum Gasteiger partial charge on any atom is 0.326 e. The predicted molar refractivity (Wildman–Crippen MR) is 153 cm³/mol. The number of guanidine groups is 1. The average Bonchev–Trinajstić information content (AvgIpc) is 3.59. The highest BCUT2D eigenvalue weighted by Crippen LogP contribution is 2.22. The molecule has 15 heteroatoms. The van der Waals surface area contributed by atoms with Crippen molar-refractivity contribution in [3.05, 3.63) is 36.0 Å². The Bertz CT molecular complexity index is 1320. The maximum atomic E-state index is 13.5. The summed E-state index contributed by atoms with van der Waals surface area (Å²) in [6, 6.07) is 2.92. The van der Waals surface area contributed by atoms with E-state index in [9.17, 15) is 29.1 Å². The van der Waals surface area contributed by atoms with Crippen LogP contribution in [0.1, 0.15) is 44.1 Å². The number of nitrogens with one attached hydrogen (secondary N) is 3. The molecule has 1 aliphatic heterocycles. The first-order valence-corrected chi connectivity index (χ1v) is 13.7. The minimum atomic E-state index is -1.47. The van der Waals surface area contributed by atoms with E-state index in [1.165, 1.54) is 4.90 Å². The number of nitrogens with zero attached hydrogens (tertiary/aromatic N) is 2. The van der Waals surface area contributed by atoms with Gasteiger partial charge in [-0.1, -0.05) is 18.2 Å². The van der Waals surface area contributed by atoms with Crippen LogP contribution in [0, 0.1) is 0 Å². The normalized spacial score (nSPS) is 16.8. The summed E-state index contributed by atoms with van der Waals surface area (Å²) >= 11 is 0. The second kappa shape index (κ2) is 14.8. The van der Waals surface area contributed by atoms with Gasteiger partial charge in [-0.2, -0.15) is 0 Å². The van der Waals surface area contributed by atoms with E-state index in [-0.39, 0.29) is 18.8 Å². The second-order valence-electron chi connectivity index (χ2n) is 10.2. The first-order chi connectivity index (χ1) is 20.0. The molecule has 0 saturated carbocycles. The van der Waals surface area contributed by atoms with Gasteiger partial charge < -0.3 is 47.9 Å². The number of para-hydroxylation sites is 1. The lowest BCUT2D eigenvalue weighted by Gasteiger charge is -2.28. The summed E-state index contributed by atoms with van der Waals surface area (Å²) in [5.74, 6) is -4.45. The number of aliphatic carboxylic acids is 2. The van der Waals surface area contributed by atoms with Crippen molar-refractivity contribution in [2.24, 2.45) is 22.2 Å². The molecule has 228 valence electrons. The zero-order valence-electron chi connectivity index (χ0n) is 23.1. The van der Waals surface area contributed by atoms with Crippen LogP contribution in [0.4, 0.5) is 0 Å². The van der Waals surface area contributed by atoms with Crippen LogP contribution in [0.25, 0.3) is 10.9 Å². The Morgan fingerprint density at radius 2 is 1.81 bits per heavy atom. The molecule has 0 spiro atoms. The Kier molecular flexibility index (Phi) is 11.2. The second-order valence-corrected chi connectivity index (χ2v) is 10.2. The highest BCUT2D eigenvalue weighted by atomic mass is 16.4. The molecule has 42 heavy (non-hydrogen) atoms. The fourth-order valence-electron chi connectivity index (χ4n) is 4.95. The largest absolute Gasteiger partial charge is 0.481 e. The summed E-state index contributed by atoms with van der Waals surface area (Å²) in [4.78, 5) is 71.0. The smallest absolute Gasteiger partial charge is 0.326 e. The van der Waals surface area contributed by atoms with E-state index in [0.29, 0.717) is 44.3 Å². The first kappa shape index (κ1) is 31.9. The van der Waals surface area contributed by atoms with Crippen molar-refractivity contribution in [3.8, 4) is 0 Å².